The fourth-order valence-electron chi connectivity index (χ4n) is 2.39. The summed E-state index contributed by atoms with van der Waals surface area (Å²) in [7, 11) is 0. The normalized spacial score (nSPS) is 10.5. The van der Waals surface area contributed by atoms with Gasteiger partial charge in [0.1, 0.15) is 11.6 Å². The molecule has 0 aliphatic rings. The molecule has 0 radical (unpaired) electrons. The Balaban J connectivity index is 1.82. The number of nitrogens with zero attached hydrogens (tertiary/aromatic N) is 4. The maximum Gasteiger partial charge on any atom is 0.222 e. The van der Waals surface area contributed by atoms with Crippen molar-refractivity contribution in [3.05, 3.63) is 48.2 Å². The number of anilines is 4. The average Bonchev–Trinajstić information content (AvgIpc) is 2.57. The second-order valence-electron chi connectivity index (χ2n) is 5.14. The van der Waals surface area contributed by atoms with Crippen LogP contribution in [-0.4, -0.2) is 26.5 Å². The lowest BCUT2D eigenvalue weighted by molar-refractivity contribution is 0.982. The van der Waals surface area contributed by atoms with Crippen LogP contribution in [-0.2, 0) is 6.42 Å². The van der Waals surface area contributed by atoms with Crippen LogP contribution in [0.25, 0.3) is 11.3 Å². The molecule has 7 N–H and O–H groups in total. The number of nitrogens with one attached hydrogen (secondary N) is 1. The van der Waals surface area contributed by atoms with Gasteiger partial charge >= 0.3 is 0 Å². The largest absolute Gasteiger partial charge is 0.383 e. The van der Waals surface area contributed by atoms with Gasteiger partial charge in [-0.3, -0.25) is 0 Å². The van der Waals surface area contributed by atoms with Crippen molar-refractivity contribution in [2.75, 3.05) is 29.1 Å². The molecule has 0 aliphatic heterocycles. The van der Waals surface area contributed by atoms with Gasteiger partial charge in [-0.15, -0.1) is 0 Å². The lowest BCUT2D eigenvalue weighted by Crippen LogP contribution is -2.12. The first-order valence-electron chi connectivity index (χ1n) is 7.43. The van der Waals surface area contributed by atoms with Crippen molar-refractivity contribution in [3.63, 3.8) is 0 Å². The van der Waals surface area contributed by atoms with E-state index >= 15 is 0 Å². The van der Waals surface area contributed by atoms with Crippen molar-refractivity contribution < 1.29 is 0 Å². The SMILES string of the molecule is Nc1nccc(NCCc2c(N)nc(N)nc2-c2ccccc2)n1. The molecule has 0 spiro atoms. The fourth-order valence-corrected chi connectivity index (χ4v) is 2.39. The van der Waals surface area contributed by atoms with Gasteiger partial charge in [0.25, 0.3) is 0 Å². The predicted octanol–water partition coefficient (Wildman–Crippen LogP) is 1.33. The van der Waals surface area contributed by atoms with Crippen LogP contribution in [0.3, 0.4) is 0 Å². The summed E-state index contributed by atoms with van der Waals surface area (Å²) in [6.07, 6.45) is 2.21. The first-order chi connectivity index (χ1) is 11.6. The summed E-state index contributed by atoms with van der Waals surface area (Å²) in [5.41, 5.74) is 19.9. The van der Waals surface area contributed by atoms with E-state index in [1.54, 1.807) is 12.3 Å². The van der Waals surface area contributed by atoms with E-state index in [0.717, 1.165) is 16.8 Å². The number of aromatic nitrogens is 4. The van der Waals surface area contributed by atoms with Crippen LogP contribution in [0.5, 0.6) is 0 Å². The van der Waals surface area contributed by atoms with Gasteiger partial charge in [0.15, 0.2) is 0 Å². The zero-order chi connectivity index (χ0) is 16.9. The zero-order valence-electron chi connectivity index (χ0n) is 13.0. The van der Waals surface area contributed by atoms with E-state index in [1.165, 1.54) is 0 Å². The van der Waals surface area contributed by atoms with E-state index in [4.69, 9.17) is 17.2 Å². The van der Waals surface area contributed by atoms with Crippen molar-refractivity contribution in [2.24, 2.45) is 0 Å². The van der Waals surface area contributed by atoms with Crippen LogP contribution in [0.15, 0.2) is 42.6 Å². The summed E-state index contributed by atoms with van der Waals surface area (Å²) >= 11 is 0. The minimum Gasteiger partial charge on any atom is -0.383 e. The van der Waals surface area contributed by atoms with E-state index in [9.17, 15) is 0 Å². The molecule has 3 aromatic rings. The highest BCUT2D eigenvalue weighted by Gasteiger charge is 2.13. The standard InChI is InChI=1S/C16H18N8/c17-14-11(6-8-20-12-7-9-21-15(18)22-12)13(23-16(19)24-14)10-4-2-1-3-5-10/h1-5,7,9H,6,8H2,(H4,17,19,23,24)(H3,18,20,21,22). The molecule has 8 nitrogen and oxygen atoms in total. The van der Waals surface area contributed by atoms with Gasteiger partial charge < -0.3 is 22.5 Å². The third-order valence-electron chi connectivity index (χ3n) is 3.46. The molecule has 0 saturated heterocycles. The van der Waals surface area contributed by atoms with Crippen LogP contribution in [0.1, 0.15) is 5.56 Å². The van der Waals surface area contributed by atoms with Crippen molar-refractivity contribution in [1.29, 1.82) is 0 Å². The molecule has 1 aromatic carbocycles. The van der Waals surface area contributed by atoms with Crippen molar-refractivity contribution in [2.45, 2.75) is 6.42 Å². The van der Waals surface area contributed by atoms with E-state index in [0.29, 0.717) is 24.6 Å². The lowest BCUT2D eigenvalue weighted by atomic mass is 10.0. The summed E-state index contributed by atoms with van der Waals surface area (Å²) in [5.74, 6) is 1.41. The maximum absolute atomic E-state index is 6.06. The van der Waals surface area contributed by atoms with Crippen molar-refractivity contribution in [3.8, 4) is 11.3 Å². The minimum atomic E-state index is 0.159. The quantitative estimate of drug-likeness (QED) is 0.551. The highest BCUT2D eigenvalue weighted by molar-refractivity contribution is 5.69. The molecular weight excluding hydrogens is 304 g/mol. The molecule has 2 heterocycles. The third-order valence-corrected chi connectivity index (χ3v) is 3.46. The van der Waals surface area contributed by atoms with Crippen molar-refractivity contribution in [1.82, 2.24) is 19.9 Å². The fraction of sp³-hybridized carbons (Fsp3) is 0.125. The van der Waals surface area contributed by atoms with Gasteiger partial charge in [-0.2, -0.15) is 9.97 Å². The smallest absolute Gasteiger partial charge is 0.222 e. The summed E-state index contributed by atoms with van der Waals surface area (Å²) in [5, 5.41) is 3.18. The van der Waals surface area contributed by atoms with E-state index < -0.39 is 0 Å². The van der Waals surface area contributed by atoms with Crippen molar-refractivity contribution >= 4 is 23.5 Å². The molecule has 2 aromatic heterocycles. The molecular formula is C16H18N8. The number of hydrogen-bond donors (Lipinski definition) is 4. The first kappa shape index (κ1) is 15.5. The highest BCUT2D eigenvalue weighted by atomic mass is 15.1. The van der Waals surface area contributed by atoms with Crippen LogP contribution in [0.4, 0.5) is 23.5 Å². The molecule has 0 unspecified atom stereocenters. The van der Waals surface area contributed by atoms with Gasteiger partial charge in [0.2, 0.25) is 11.9 Å². The Labute approximate surface area is 139 Å². The second kappa shape index (κ2) is 6.78. The van der Waals surface area contributed by atoms with Gasteiger partial charge in [-0.05, 0) is 12.5 Å². The number of nitrogen functional groups attached to an aromatic ring is 3. The number of rotatable bonds is 5. The zero-order valence-corrected chi connectivity index (χ0v) is 13.0. The second-order valence-corrected chi connectivity index (χ2v) is 5.14. The Hall–Kier alpha value is -3.42. The van der Waals surface area contributed by atoms with Gasteiger partial charge in [-0.1, -0.05) is 30.3 Å². The first-order valence-corrected chi connectivity index (χ1v) is 7.43. The molecule has 0 amide bonds. The Morgan fingerprint density at radius 2 is 1.67 bits per heavy atom. The van der Waals surface area contributed by atoms with E-state index in [2.05, 4.69) is 25.3 Å². The number of nitrogens with two attached hydrogens (primary N) is 3. The molecule has 0 bridgehead atoms. The minimum absolute atomic E-state index is 0.159. The monoisotopic (exact) mass is 322 g/mol. The molecule has 0 aliphatic carbocycles. The molecule has 8 heteroatoms. The van der Waals surface area contributed by atoms with Crippen LogP contribution < -0.4 is 22.5 Å². The molecule has 0 atom stereocenters. The Bertz CT molecular complexity index is 835. The van der Waals surface area contributed by atoms with Gasteiger partial charge in [-0.25, -0.2) is 9.97 Å². The molecule has 24 heavy (non-hydrogen) atoms. The number of benzene rings is 1. The van der Waals surface area contributed by atoms with Gasteiger partial charge in [0, 0.05) is 23.9 Å². The third kappa shape index (κ3) is 3.49. The molecule has 3 rings (SSSR count). The summed E-state index contributed by atoms with van der Waals surface area (Å²) < 4.78 is 0. The predicted molar refractivity (Wildman–Crippen MR) is 94.9 cm³/mol. The topological polar surface area (TPSA) is 142 Å². The average molecular weight is 322 g/mol. The number of hydrogen-bond acceptors (Lipinski definition) is 8. The molecule has 122 valence electrons. The summed E-state index contributed by atoms with van der Waals surface area (Å²) in [6, 6.07) is 11.5. The highest BCUT2D eigenvalue weighted by Crippen LogP contribution is 2.26. The lowest BCUT2D eigenvalue weighted by Gasteiger charge is -2.13. The van der Waals surface area contributed by atoms with E-state index in [1.807, 2.05) is 30.3 Å². The van der Waals surface area contributed by atoms with Gasteiger partial charge in [0.05, 0.1) is 5.69 Å². The Morgan fingerprint density at radius 1 is 0.875 bits per heavy atom. The summed E-state index contributed by atoms with van der Waals surface area (Å²) in [4.78, 5) is 16.4. The maximum atomic E-state index is 6.06. The van der Waals surface area contributed by atoms with E-state index in [-0.39, 0.29) is 11.9 Å². The summed E-state index contributed by atoms with van der Waals surface area (Å²) in [6.45, 7) is 0.591. The van der Waals surface area contributed by atoms with Crippen LogP contribution >= 0.6 is 0 Å². The molecule has 0 fully saturated rings. The van der Waals surface area contributed by atoms with Crippen LogP contribution in [0.2, 0.25) is 0 Å². The van der Waals surface area contributed by atoms with Crippen LogP contribution in [0, 0.1) is 0 Å². The Morgan fingerprint density at radius 3 is 2.42 bits per heavy atom. The molecule has 0 saturated carbocycles. The Kier molecular flexibility index (Phi) is 4.37.